The number of rotatable bonds is 4. The van der Waals surface area contributed by atoms with Gasteiger partial charge in [0, 0.05) is 6.07 Å². The summed E-state index contributed by atoms with van der Waals surface area (Å²) >= 11 is 0. The van der Waals surface area contributed by atoms with E-state index in [0.29, 0.717) is 30.1 Å². The van der Waals surface area contributed by atoms with Crippen molar-refractivity contribution >= 4 is 5.91 Å². The van der Waals surface area contributed by atoms with Crippen LogP contribution in [0.5, 0.6) is 11.5 Å². The fourth-order valence-electron chi connectivity index (χ4n) is 2.49. The molecule has 0 atom stereocenters. The van der Waals surface area contributed by atoms with Crippen LogP contribution in [-0.2, 0) is 0 Å². The first-order valence-corrected chi connectivity index (χ1v) is 7.11. The van der Waals surface area contributed by atoms with Crippen LogP contribution in [0.3, 0.4) is 0 Å². The van der Waals surface area contributed by atoms with Gasteiger partial charge in [0.25, 0.3) is 5.91 Å². The van der Waals surface area contributed by atoms with Crippen molar-refractivity contribution in [1.29, 1.82) is 0 Å². The van der Waals surface area contributed by atoms with Gasteiger partial charge in [-0.1, -0.05) is 11.2 Å². The number of aryl methyl sites for hydroxylation is 2. The van der Waals surface area contributed by atoms with Gasteiger partial charge in [0.15, 0.2) is 0 Å². The van der Waals surface area contributed by atoms with Crippen molar-refractivity contribution in [1.82, 2.24) is 10.1 Å². The number of carbonyl (C=O) groups excluding carboxylic acids is 1. The van der Waals surface area contributed by atoms with Gasteiger partial charge in [-0.05, 0) is 26.0 Å². The third-order valence-corrected chi connectivity index (χ3v) is 3.73. The van der Waals surface area contributed by atoms with E-state index in [0.717, 1.165) is 11.5 Å². The van der Waals surface area contributed by atoms with Crippen molar-refractivity contribution < 1.29 is 18.8 Å². The molecular weight excluding hydrogens is 284 g/mol. The average molecular weight is 302 g/mol. The molecule has 2 heterocycles. The molecule has 0 bridgehead atoms. The molecule has 1 aliphatic rings. The van der Waals surface area contributed by atoms with Crippen molar-refractivity contribution in [3.63, 3.8) is 0 Å². The fraction of sp³-hybridized carbons (Fsp3) is 0.375. The minimum Gasteiger partial charge on any atom is -0.497 e. The molecule has 6 heteroatoms. The lowest BCUT2D eigenvalue weighted by Gasteiger charge is -2.38. The Balaban J connectivity index is 1.59. The maximum absolute atomic E-state index is 12.4. The van der Waals surface area contributed by atoms with Gasteiger partial charge in [-0.25, -0.2) is 0 Å². The van der Waals surface area contributed by atoms with Gasteiger partial charge in [-0.15, -0.1) is 0 Å². The maximum Gasteiger partial charge on any atom is 0.259 e. The lowest BCUT2D eigenvalue weighted by atomic mass is 10.1. The molecule has 6 nitrogen and oxygen atoms in total. The van der Waals surface area contributed by atoms with E-state index in [1.54, 1.807) is 25.9 Å². The van der Waals surface area contributed by atoms with Gasteiger partial charge in [0.2, 0.25) is 0 Å². The van der Waals surface area contributed by atoms with E-state index in [1.165, 1.54) is 0 Å². The minimum atomic E-state index is -0.0539. The molecular formula is C16H18N2O4. The monoisotopic (exact) mass is 302 g/mol. The first-order chi connectivity index (χ1) is 10.6. The number of hydrogen-bond acceptors (Lipinski definition) is 5. The zero-order chi connectivity index (χ0) is 15.7. The van der Waals surface area contributed by atoms with E-state index >= 15 is 0 Å². The van der Waals surface area contributed by atoms with E-state index in [2.05, 4.69) is 5.16 Å². The van der Waals surface area contributed by atoms with Gasteiger partial charge in [0.1, 0.15) is 28.9 Å². The number of ether oxygens (including phenoxy) is 2. The number of amides is 1. The molecule has 1 amide bonds. The summed E-state index contributed by atoms with van der Waals surface area (Å²) in [7, 11) is 1.62. The normalized spacial score (nSPS) is 14.6. The van der Waals surface area contributed by atoms with Crippen molar-refractivity contribution in [2.24, 2.45) is 0 Å². The Labute approximate surface area is 128 Å². The summed E-state index contributed by atoms with van der Waals surface area (Å²) in [5, 5.41) is 3.82. The molecule has 1 aromatic heterocycles. The van der Waals surface area contributed by atoms with Crippen molar-refractivity contribution in [3.05, 3.63) is 41.3 Å². The Kier molecular flexibility index (Phi) is 3.75. The zero-order valence-electron chi connectivity index (χ0n) is 12.8. The Bertz CT molecular complexity index is 670. The summed E-state index contributed by atoms with van der Waals surface area (Å²) in [6.45, 7) is 4.63. The largest absolute Gasteiger partial charge is 0.497 e. The molecule has 0 saturated carbocycles. The third kappa shape index (κ3) is 2.64. The average Bonchev–Trinajstić information content (AvgIpc) is 2.81. The third-order valence-electron chi connectivity index (χ3n) is 3.73. The molecule has 2 aromatic rings. The number of benzene rings is 1. The smallest absolute Gasteiger partial charge is 0.259 e. The minimum absolute atomic E-state index is 0.00321. The standard InChI is InChI=1S/C16H18N2O4/c1-10-15(11(2)22-17-10)16(19)18-8-14(9-18)21-13-6-4-5-12(7-13)20-3/h4-7,14H,8-9H2,1-3H3. The number of aromatic nitrogens is 1. The van der Waals surface area contributed by atoms with Gasteiger partial charge < -0.3 is 18.9 Å². The molecule has 1 aromatic carbocycles. The summed E-state index contributed by atoms with van der Waals surface area (Å²) < 4.78 is 16.0. The summed E-state index contributed by atoms with van der Waals surface area (Å²) in [5.74, 6) is 2.00. The highest BCUT2D eigenvalue weighted by molar-refractivity contribution is 5.96. The van der Waals surface area contributed by atoms with Crippen molar-refractivity contribution in [2.45, 2.75) is 20.0 Å². The molecule has 0 radical (unpaired) electrons. The van der Waals surface area contributed by atoms with E-state index in [4.69, 9.17) is 14.0 Å². The van der Waals surface area contributed by atoms with Crippen molar-refractivity contribution in [2.75, 3.05) is 20.2 Å². The predicted octanol–water partition coefficient (Wildman–Crippen LogP) is 2.20. The molecule has 1 fully saturated rings. The maximum atomic E-state index is 12.4. The molecule has 116 valence electrons. The highest BCUT2D eigenvalue weighted by atomic mass is 16.5. The second-order valence-electron chi connectivity index (χ2n) is 5.33. The van der Waals surface area contributed by atoms with Crippen LogP contribution in [0.2, 0.25) is 0 Å². The van der Waals surface area contributed by atoms with Gasteiger partial charge in [0.05, 0.1) is 25.9 Å². The van der Waals surface area contributed by atoms with Crippen LogP contribution in [0, 0.1) is 13.8 Å². The molecule has 0 N–H and O–H groups in total. The predicted molar refractivity (Wildman–Crippen MR) is 79.3 cm³/mol. The summed E-state index contributed by atoms with van der Waals surface area (Å²) in [6.07, 6.45) is -0.00321. The first-order valence-electron chi connectivity index (χ1n) is 7.11. The second kappa shape index (κ2) is 5.71. The van der Waals surface area contributed by atoms with Crippen LogP contribution in [0.25, 0.3) is 0 Å². The van der Waals surface area contributed by atoms with Crippen molar-refractivity contribution in [3.8, 4) is 11.5 Å². The first kappa shape index (κ1) is 14.4. The van der Waals surface area contributed by atoms with Crippen LogP contribution in [0.1, 0.15) is 21.8 Å². The Morgan fingerprint density at radius 1 is 1.32 bits per heavy atom. The zero-order valence-corrected chi connectivity index (χ0v) is 12.8. The summed E-state index contributed by atoms with van der Waals surface area (Å²) in [5.41, 5.74) is 1.18. The van der Waals surface area contributed by atoms with Gasteiger partial charge in [-0.2, -0.15) is 0 Å². The van der Waals surface area contributed by atoms with Crippen LogP contribution in [-0.4, -0.2) is 42.3 Å². The van der Waals surface area contributed by atoms with E-state index in [9.17, 15) is 4.79 Å². The number of hydrogen-bond donors (Lipinski definition) is 0. The molecule has 1 saturated heterocycles. The molecule has 3 rings (SSSR count). The second-order valence-corrected chi connectivity index (χ2v) is 5.33. The number of carbonyl (C=O) groups is 1. The number of likely N-dealkylation sites (tertiary alicyclic amines) is 1. The highest BCUT2D eigenvalue weighted by Crippen LogP contribution is 2.24. The van der Waals surface area contributed by atoms with Crippen LogP contribution in [0.15, 0.2) is 28.8 Å². The fourth-order valence-corrected chi connectivity index (χ4v) is 2.49. The Morgan fingerprint density at radius 3 is 2.68 bits per heavy atom. The van der Waals surface area contributed by atoms with Gasteiger partial charge >= 0.3 is 0 Å². The molecule has 0 unspecified atom stereocenters. The summed E-state index contributed by atoms with van der Waals surface area (Å²) in [6, 6.07) is 7.45. The highest BCUT2D eigenvalue weighted by Gasteiger charge is 2.35. The summed E-state index contributed by atoms with van der Waals surface area (Å²) in [4.78, 5) is 14.1. The quantitative estimate of drug-likeness (QED) is 0.866. The Morgan fingerprint density at radius 2 is 2.05 bits per heavy atom. The lowest BCUT2D eigenvalue weighted by Crippen LogP contribution is -2.56. The molecule has 1 aliphatic heterocycles. The van der Waals surface area contributed by atoms with Crippen LogP contribution < -0.4 is 9.47 Å². The topological polar surface area (TPSA) is 64.8 Å². The number of nitrogens with zero attached hydrogens (tertiary/aromatic N) is 2. The number of methoxy groups -OCH3 is 1. The lowest BCUT2D eigenvalue weighted by molar-refractivity contribution is 0.0175. The van der Waals surface area contributed by atoms with E-state index in [1.807, 2.05) is 24.3 Å². The van der Waals surface area contributed by atoms with Crippen LogP contribution in [0.4, 0.5) is 0 Å². The van der Waals surface area contributed by atoms with E-state index in [-0.39, 0.29) is 12.0 Å². The molecule has 0 spiro atoms. The van der Waals surface area contributed by atoms with Gasteiger partial charge in [-0.3, -0.25) is 4.79 Å². The van der Waals surface area contributed by atoms with Crippen LogP contribution >= 0.6 is 0 Å². The molecule has 0 aliphatic carbocycles. The SMILES string of the molecule is COc1cccc(OC2CN(C(=O)c3c(C)noc3C)C2)c1. The van der Waals surface area contributed by atoms with E-state index < -0.39 is 0 Å². The Hall–Kier alpha value is -2.50. The molecule has 22 heavy (non-hydrogen) atoms.